The van der Waals surface area contributed by atoms with Crippen molar-refractivity contribution in [3.05, 3.63) is 0 Å². The Morgan fingerprint density at radius 1 is 0.848 bits per heavy atom. The summed E-state index contributed by atoms with van der Waals surface area (Å²) in [7, 11) is 0. The maximum atomic E-state index is 12.9. The molecule has 0 aliphatic heterocycles. The van der Waals surface area contributed by atoms with Gasteiger partial charge in [-0.25, -0.2) is 0 Å². The molecule has 2 amide bonds. The number of rotatable bonds is 19. The second-order valence-electron chi connectivity index (χ2n) is 9.07. The van der Waals surface area contributed by atoms with Crippen LogP contribution >= 0.6 is 0 Å². The largest absolute Gasteiger partial charge is 0.393 e. The van der Waals surface area contributed by atoms with E-state index in [0.717, 1.165) is 32.1 Å². The number of carbonyl (C=O) groups is 4. The van der Waals surface area contributed by atoms with Gasteiger partial charge in [0, 0.05) is 18.8 Å². The van der Waals surface area contributed by atoms with Crippen molar-refractivity contribution >= 4 is 23.4 Å². The SMILES string of the molecule is CCCCCCCC(=O)N[C@@H](CCN)C(=O)C[C@H](C(=O)N[C@@H](CCN)C(=O)C(C)C)C(C)O. The maximum absolute atomic E-state index is 12.9. The van der Waals surface area contributed by atoms with Gasteiger partial charge in [-0.3, -0.25) is 19.2 Å². The second-order valence-corrected chi connectivity index (χ2v) is 9.07. The summed E-state index contributed by atoms with van der Waals surface area (Å²) in [6.07, 6.45) is 4.50. The highest BCUT2D eigenvalue weighted by Crippen LogP contribution is 2.15. The van der Waals surface area contributed by atoms with Crippen LogP contribution in [0.1, 0.15) is 85.5 Å². The molecule has 192 valence electrons. The number of nitrogens with one attached hydrogen (secondary N) is 2. The van der Waals surface area contributed by atoms with Gasteiger partial charge in [-0.1, -0.05) is 46.5 Å². The van der Waals surface area contributed by atoms with Crippen LogP contribution in [0.3, 0.4) is 0 Å². The molecule has 0 bridgehead atoms. The van der Waals surface area contributed by atoms with E-state index in [1.807, 2.05) is 0 Å². The highest BCUT2D eigenvalue weighted by atomic mass is 16.3. The van der Waals surface area contributed by atoms with Crippen molar-refractivity contribution < 1.29 is 24.3 Å². The first-order valence-corrected chi connectivity index (χ1v) is 12.3. The van der Waals surface area contributed by atoms with Gasteiger partial charge < -0.3 is 27.2 Å². The van der Waals surface area contributed by atoms with E-state index in [1.54, 1.807) is 13.8 Å². The molecule has 0 aromatic rings. The standard InChI is InChI=1S/C24H46N4O5/c1-5-6-7-8-9-10-22(31)27-19(11-13-25)21(30)15-18(17(4)29)24(33)28-20(12-14-26)23(32)16(2)3/h16-20,29H,5-15,25-26H2,1-4H3,(H,27,31)(H,28,33)/t17?,18-,19-,20-/m0/s1. The lowest BCUT2D eigenvalue weighted by atomic mass is 9.91. The number of unbranched alkanes of at least 4 members (excludes halogenated alkanes) is 4. The molecule has 0 saturated heterocycles. The first-order valence-electron chi connectivity index (χ1n) is 12.3. The van der Waals surface area contributed by atoms with Crippen LogP contribution < -0.4 is 22.1 Å². The second kappa shape index (κ2) is 17.6. The molecule has 0 heterocycles. The van der Waals surface area contributed by atoms with Crippen LogP contribution in [-0.4, -0.2) is 59.8 Å². The van der Waals surface area contributed by atoms with Gasteiger partial charge in [0.05, 0.1) is 24.1 Å². The van der Waals surface area contributed by atoms with Crippen molar-refractivity contribution in [3.8, 4) is 0 Å². The minimum atomic E-state index is -1.12. The minimum Gasteiger partial charge on any atom is -0.393 e. The number of hydrogen-bond acceptors (Lipinski definition) is 7. The molecule has 4 atom stereocenters. The van der Waals surface area contributed by atoms with Crippen molar-refractivity contribution in [2.45, 2.75) is 104 Å². The van der Waals surface area contributed by atoms with E-state index in [0.29, 0.717) is 6.42 Å². The van der Waals surface area contributed by atoms with E-state index in [2.05, 4.69) is 17.6 Å². The molecule has 0 aliphatic carbocycles. The van der Waals surface area contributed by atoms with Crippen LogP contribution in [0.15, 0.2) is 0 Å². The van der Waals surface area contributed by atoms with Gasteiger partial charge in [-0.2, -0.15) is 0 Å². The molecule has 9 heteroatoms. The molecular weight excluding hydrogens is 424 g/mol. The molecule has 7 N–H and O–H groups in total. The van der Waals surface area contributed by atoms with E-state index in [-0.39, 0.29) is 55.7 Å². The van der Waals surface area contributed by atoms with Gasteiger partial charge in [-0.05, 0) is 39.3 Å². The van der Waals surface area contributed by atoms with E-state index in [1.165, 1.54) is 6.92 Å². The molecule has 1 unspecified atom stereocenters. The number of carbonyl (C=O) groups excluding carboxylic acids is 4. The van der Waals surface area contributed by atoms with Gasteiger partial charge in [0.2, 0.25) is 11.8 Å². The molecule has 0 rings (SSSR count). The Labute approximate surface area is 198 Å². The van der Waals surface area contributed by atoms with Crippen LogP contribution in [0.4, 0.5) is 0 Å². The molecule has 0 spiro atoms. The summed E-state index contributed by atoms with van der Waals surface area (Å²) in [6, 6.07) is -1.59. The zero-order valence-electron chi connectivity index (χ0n) is 20.9. The lowest BCUT2D eigenvalue weighted by molar-refractivity contribution is -0.137. The van der Waals surface area contributed by atoms with Crippen molar-refractivity contribution in [2.24, 2.45) is 23.3 Å². The van der Waals surface area contributed by atoms with Gasteiger partial charge in [-0.15, -0.1) is 0 Å². The Balaban J connectivity index is 5.10. The van der Waals surface area contributed by atoms with Crippen LogP contribution in [0.2, 0.25) is 0 Å². The number of Topliss-reactive ketones (excluding diaryl/α,β-unsaturated/α-hetero) is 2. The fourth-order valence-electron chi connectivity index (χ4n) is 3.61. The zero-order chi connectivity index (χ0) is 25.4. The Hall–Kier alpha value is -1.84. The van der Waals surface area contributed by atoms with Crippen LogP contribution in [0.25, 0.3) is 0 Å². The highest BCUT2D eigenvalue weighted by molar-refractivity contribution is 5.95. The van der Waals surface area contributed by atoms with Crippen LogP contribution in [0.5, 0.6) is 0 Å². The van der Waals surface area contributed by atoms with E-state index < -0.39 is 30.0 Å². The number of hydrogen-bond donors (Lipinski definition) is 5. The Morgan fingerprint density at radius 2 is 1.42 bits per heavy atom. The maximum Gasteiger partial charge on any atom is 0.226 e. The van der Waals surface area contributed by atoms with E-state index in [4.69, 9.17) is 11.5 Å². The summed E-state index contributed by atoms with van der Waals surface area (Å²) < 4.78 is 0. The lowest BCUT2D eigenvalue weighted by Gasteiger charge is -2.25. The van der Waals surface area contributed by atoms with E-state index >= 15 is 0 Å². The quantitative estimate of drug-likeness (QED) is 0.177. The van der Waals surface area contributed by atoms with Gasteiger partial charge >= 0.3 is 0 Å². The van der Waals surface area contributed by atoms with Gasteiger partial charge in [0.25, 0.3) is 0 Å². The number of amides is 2. The van der Waals surface area contributed by atoms with Gasteiger partial charge in [0.1, 0.15) is 0 Å². The van der Waals surface area contributed by atoms with Crippen LogP contribution in [0, 0.1) is 11.8 Å². The first-order chi connectivity index (χ1) is 15.6. The predicted octanol–water partition coefficient (Wildman–Crippen LogP) is 1.20. The Morgan fingerprint density at radius 3 is 1.94 bits per heavy atom. The zero-order valence-corrected chi connectivity index (χ0v) is 20.9. The number of aliphatic hydroxyl groups is 1. The number of nitrogens with two attached hydrogens (primary N) is 2. The third kappa shape index (κ3) is 12.8. The third-order valence-electron chi connectivity index (χ3n) is 5.71. The molecule has 0 aliphatic rings. The average molecular weight is 471 g/mol. The highest BCUT2D eigenvalue weighted by Gasteiger charge is 2.32. The minimum absolute atomic E-state index is 0.156. The molecule has 0 fully saturated rings. The fraction of sp³-hybridized carbons (Fsp3) is 0.833. The third-order valence-corrected chi connectivity index (χ3v) is 5.71. The Bertz CT molecular complexity index is 610. The summed E-state index contributed by atoms with van der Waals surface area (Å²) in [6.45, 7) is 7.42. The molecule has 0 aromatic carbocycles. The number of ketones is 2. The summed E-state index contributed by atoms with van der Waals surface area (Å²) in [5.74, 6) is -2.67. The summed E-state index contributed by atoms with van der Waals surface area (Å²) in [5.41, 5.74) is 11.2. The van der Waals surface area contributed by atoms with Gasteiger partial charge in [0.15, 0.2) is 11.6 Å². The molecule has 9 nitrogen and oxygen atoms in total. The number of aliphatic hydroxyl groups excluding tert-OH is 1. The fourth-order valence-corrected chi connectivity index (χ4v) is 3.61. The Kier molecular flexibility index (Phi) is 16.6. The van der Waals surface area contributed by atoms with Crippen molar-refractivity contribution in [1.29, 1.82) is 0 Å². The molecule has 0 aromatic heterocycles. The van der Waals surface area contributed by atoms with Crippen molar-refractivity contribution in [3.63, 3.8) is 0 Å². The molecule has 0 radical (unpaired) electrons. The first kappa shape index (κ1) is 31.2. The van der Waals surface area contributed by atoms with Crippen LogP contribution in [-0.2, 0) is 19.2 Å². The predicted molar refractivity (Wildman–Crippen MR) is 129 cm³/mol. The average Bonchev–Trinajstić information content (AvgIpc) is 2.75. The monoisotopic (exact) mass is 470 g/mol. The van der Waals surface area contributed by atoms with Crippen molar-refractivity contribution in [1.82, 2.24) is 10.6 Å². The topological polar surface area (TPSA) is 165 Å². The summed E-state index contributed by atoms with van der Waals surface area (Å²) >= 11 is 0. The summed E-state index contributed by atoms with van der Waals surface area (Å²) in [4.78, 5) is 50.4. The lowest BCUT2D eigenvalue weighted by Crippen LogP contribution is -2.49. The van der Waals surface area contributed by atoms with E-state index in [9.17, 15) is 24.3 Å². The molecule has 33 heavy (non-hydrogen) atoms. The smallest absolute Gasteiger partial charge is 0.226 e. The summed E-state index contributed by atoms with van der Waals surface area (Å²) in [5, 5.41) is 15.6. The normalized spacial score (nSPS) is 14.9. The molecule has 0 saturated carbocycles. The molecular formula is C24H46N4O5. The van der Waals surface area contributed by atoms with Crippen molar-refractivity contribution in [2.75, 3.05) is 13.1 Å².